The van der Waals surface area contributed by atoms with Gasteiger partial charge < -0.3 is 20.0 Å². The highest BCUT2D eigenvalue weighted by atomic mass is 16.2. The third-order valence-electron chi connectivity index (χ3n) is 5.03. The largest absolute Gasteiger partial charge is 0.372 e. The molecule has 3 rings (SSSR count). The van der Waals surface area contributed by atoms with E-state index in [2.05, 4.69) is 46.3 Å². The van der Waals surface area contributed by atoms with E-state index in [9.17, 15) is 4.79 Å². The summed E-state index contributed by atoms with van der Waals surface area (Å²) in [6.45, 7) is 8.61. The van der Waals surface area contributed by atoms with E-state index < -0.39 is 0 Å². The van der Waals surface area contributed by atoms with Gasteiger partial charge in [0.25, 0.3) is 0 Å². The fraction of sp³-hybridized carbons (Fsp3) is 0.632. The van der Waals surface area contributed by atoms with Crippen LogP contribution in [0.1, 0.15) is 32.6 Å². The third kappa shape index (κ3) is 4.13. The van der Waals surface area contributed by atoms with E-state index in [1.54, 1.807) is 0 Å². The van der Waals surface area contributed by atoms with Crippen LogP contribution in [-0.2, 0) is 0 Å². The average molecular weight is 330 g/mol. The van der Waals surface area contributed by atoms with Crippen LogP contribution in [0.4, 0.5) is 16.2 Å². The Morgan fingerprint density at radius 2 is 1.42 bits per heavy atom. The monoisotopic (exact) mass is 330 g/mol. The lowest BCUT2D eigenvalue weighted by atomic mass is 10.1. The van der Waals surface area contributed by atoms with Crippen molar-refractivity contribution in [2.24, 2.45) is 0 Å². The summed E-state index contributed by atoms with van der Waals surface area (Å²) in [5.74, 6) is 0. The molecule has 0 saturated carbocycles. The molecule has 5 nitrogen and oxygen atoms in total. The first-order valence-corrected chi connectivity index (χ1v) is 9.40. The lowest BCUT2D eigenvalue weighted by Crippen LogP contribution is -2.52. The maximum absolute atomic E-state index is 12.0. The Labute approximate surface area is 145 Å². The third-order valence-corrected chi connectivity index (χ3v) is 5.03. The first kappa shape index (κ1) is 16.9. The predicted molar refractivity (Wildman–Crippen MR) is 100.0 cm³/mol. The van der Waals surface area contributed by atoms with Crippen LogP contribution in [0.2, 0.25) is 0 Å². The summed E-state index contributed by atoms with van der Waals surface area (Å²) in [5.41, 5.74) is 2.61. The van der Waals surface area contributed by atoms with Crippen molar-refractivity contribution in [2.45, 2.75) is 32.6 Å². The number of urea groups is 1. The first-order chi connectivity index (χ1) is 11.8. The summed E-state index contributed by atoms with van der Waals surface area (Å²) in [6, 6.07) is 9.05. The van der Waals surface area contributed by atoms with E-state index in [0.29, 0.717) is 0 Å². The molecular weight excluding hydrogens is 300 g/mol. The van der Waals surface area contributed by atoms with Crippen molar-refractivity contribution in [3.63, 3.8) is 0 Å². The number of hydrogen-bond acceptors (Lipinski definition) is 3. The highest BCUT2D eigenvalue weighted by Crippen LogP contribution is 2.24. The zero-order chi connectivity index (χ0) is 16.8. The lowest BCUT2D eigenvalue weighted by Gasteiger charge is -2.36. The molecule has 2 saturated heterocycles. The van der Waals surface area contributed by atoms with Gasteiger partial charge in [-0.3, -0.25) is 0 Å². The van der Waals surface area contributed by atoms with E-state index in [-0.39, 0.29) is 6.03 Å². The van der Waals surface area contributed by atoms with Gasteiger partial charge in [0.1, 0.15) is 0 Å². The first-order valence-electron chi connectivity index (χ1n) is 9.40. The van der Waals surface area contributed by atoms with Crippen LogP contribution in [0, 0.1) is 0 Å². The summed E-state index contributed by atoms with van der Waals surface area (Å²) in [4.78, 5) is 18.8. The van der Waals surface area contributed by atoms with Crippen LogP contribution < -0.4 is 15.1 Å². The Morgan fingerprint density at radius 3 is 1.96 bits per heavy atom. The van der Waals surface area contributed by atoms with Gasteiger partial charge in [-0.05, 0) is 49.9 Å². The SMILES string of the molecule is CCCNC(=O)N1CCN(c2ccc(N3CCCCC3)cc2)CC1. The van der Waals surface area contributed by atoms with Crippen LogP contribution >= 0.6 is 0 Å². The maximum atomic E-state index is 12.0. The number of carbonyl (C=O) groups excluding carboxylic acids is 1. The Kier molecular flexibility index (Phi) is 5.83. The van der Waals surface area contributed by atoms with Crippen LogP contribution in [0.3, 0.4) is 0 Å². The van der Waals surface area contributed by atoms with Crippen molar-refractivity contribution in [3.05, 3.63) is 24.3 Å². The summed E-state index contributed by atoms with van der Waals surface area (Å²) in [5, 5.41) is 2.96. The van der Waals surface area contributed by atoms with Gasteiger partial charge in [0.2, 0.25) is 0 Å². The number of anilines is 2. The van der Waals surface area contributed by atoms with Gasteiger partial charge in [-0.1, -0.05) is 6.92 Å². The number of benzene rings is 1. The normalized spacial score (nSPS) is 18.6. The minimum absolute atomic E-state index is 0.0805. The molecule has 1 aromatic carbocycles. The van der Waals surface area contributed by atoms with Crippen molar-refractivity contribution in [1.29, 1.82) is 0 Å². The van der Waals surface area contributed by atoms with Crippen molar-refractivity contribution in [2.75, 3.05) is 55.6 Å². The standard InChI is InChI=1S/C19H30N4O/c1-2-10-20-19(24)23-15-13-22(14-16-23)18-8-6-17(7-9-18)21-11-4-3-5-12-21/h6-9H,2-5,10-16H2,1H3,(H,20,24). The molecule has 132 valence electrons. The Hall–Kier alpha value is -1.91. The number of nitrogens with one attached hydrogen (secondary N) is 1. The Morgan fingerprint density at radius 1 is 0.875 bits per heavy atom. The van der Waals surface area contributed by atoms with E-state index in [1.807, 2.05) is 4.90 Å². The average Bonchev–Trinajstić information content (AvgIpc) is 2.67. The molecule has 0 unspecified atom stereocenters. The molecule has 2 amide bonds. The van der Waals surface area contributed by atoms with Crippen LogP contribution in [0.5, 0.6) is 0 Å². The molecule has 0 atom stereocenters. The van der Waals surface area contributed by atoms with Gasteiger partial charge in [0, 0.05) is 57.2 Å². The fourth-order valence-corrected chi connectivity index (χ4v) is 3.54. The molecule has 0 aliphatic carbocycles. The number of nitrogens with zero attached hydrogens (tertiary/aromatic N) is 3. The molecule has 1 N–H and O–H groups in total. The second kappa shape index (κ2) is 8.27. The molecular formula is C19H30N4O. The maximum Gasteiger partial charge on any atom is 0.317 e. The molecule has 2 aliphatic heterocycles. The minimum atomic E-state index is 0.0805. The summed E-state index contributed by atoms with van der Waals surface area (Å²) in [6.07, 6.45) is 4.97. The predicted octanol–water partition coefficient (Wildman–Crippen LogP) is 2.92. The van der Waals surface area contributed by atoms with E-state index in [1.165, 1.54) is 43.7 Å². The number of amides is 2. The van der Waals surface area contributed by atoms with Gasteiger partial charge in [-0.25, -0.2) is 4.79 Å². The van der Waals surface area contributed by atoms with Gasteiger partial charge in [-0.15, -0.1) is 0 Å². The van der Waals surface area contributed by atoms with Gasteiger partial charge in [-0.2, -0.15) is 0 Å². The molecule has 5 heteroatoms. The zero-order valence-corrected chi connectivity index (χ0v) is 14.8. The molecule has 0 radical (unpaired) electrons. The Balaban J connectivity index is 1.52. The number of rotatable bonds is 4. The van der Waals surface area contributed by atoms with Crippen LogP contribution in [0.15, 0.2) is 24.3 Å². The van der Waals surface area contributed by atoms with Crippen LogP contribution in [0.25, 0.3) is 0 Å². The molecule has 2 aliphatic rings. The van der Waals surface area contributed by atoms with Crippen molar-refractivity contribution >= 4 is 17.4 Å². The quantitative estimate of drug-likeness (QED) is 0.922. The molecule has 2 fully saturated rings. The molecule has 1 aromatic rings. The fourth-order valence-electron chi connectivity index (χ4n) is 3.54. The number of hydrogen-bond donors (Lipinski definition) is 1. The van der Waals surface area contributed by atoms with Gasteiger partial charge in [0.05, 0.1) is 0 Å². The van der Waals surface area contributed by atoms with Crippen molar-refractivity contribution in [3.8, 4) is 0 Å². The highest BCUT2D eigenvalue weighted by Gasteiger charge is 2.21. The summed E-state index contributed by atoms with van der Waals surface area (Å²) >= 11 is 0. The van der Waals surface area contributed by atoms with E-state index >= 15 is 0 Å². The second-order valence-electron chi connectivity index (χ2n) is 6.77. The number of carbonyl (C=O) groups is 1. The smallest absolute Gasteiger partial charge is 0.317 e. The number of piperazine rings is 1. The summed E-state index contributed by atoms with van der Waals surface area (Å²) < 4.78 is 0. The number of piperidine rings is 1. The van der Waals surface area contributed by atoms with Crippen molar-refractivity contribution < 1.29 is 4.79 Å². The minimum Gasteiger partial charge on any atom is -0.372 e. The second-order valence-corrected chi connectivity index (χ2v) is 6.77. The van der Waals surface area contributed by atoms with Gasteiger partial charge >= 0.3 is 6.03 Å². The van der Waals surface area contributed by atoms with E-state index in [4.69, 9.17) is 0 Å². The molecule has 0 aromatic heterocycles. The Bertz CT molecular complexity index is 517. The van der Waals surface area contributed by atoms with Gasteiger partial charge in [0.15, 0.2) is 0 Å². The van der Waals surface area contributed by atoms with Crippen LogP contribution in [-0.4, -0.2) is 56.7 Å². The lowest BCUT2D eigenvalue weighted by molar-refractivity contribution is 0.194. The van der Waals surface area contributed by atoms with E-state index in [0.717, 1.165) is 39.1 Å². The highest BCUT2D eigenvalue weighted by molar-refractivity contribution is 5.74. The van der Waals surface area contributed by atoms with Crippen molar-refractivity contribution in [1.82, 2.24) is 10.2 Å². The molecule has 24 heavy (non-hydrogen) atoms. The molecule has 0 spiro atoms. The zero-order valence-electron chi connectivity index (χ0n) is 14.8. The summed E-state index contributed by atoms with van der Waals surface area (Å²) in [7, 11) is 0. The molecule has 0 bridgehead atoms. The molecule has 2 heterocycles. The topological polar surface area (TPSA) is 38.8 Å².